The fraction of sp³-hybridized carbons (Fsp3) is 0.529. The number of rotatable bonds is 6. The largest absolute Gasteiger partial charge is 0.341 e. The van der Waals surface area contributed by atoms with Crippen LogP contribution in [0.4, 0.5) is 0 Å². The zero-order valence-electron chi connectivity index (χ0n) is 13.9. The monoisotopic (exact) mass is 346 g/mol. The highest BCUT2D eigenvalue weighted by molar-refractivity contribution is 7.99. The number of carbonyl (C=O) groups excluding carboxylic acids is 1. The van der Waals surface area contributed by atoms with E-state index in [2.05, 4.69) is 22.0 Å². The van der Waals surface area contributed by atoms with Gasteiger partial charge in [0.15, 0.2) is 0 Å². The smallest absolute Gasteiger partial charge is 0.232 e. The fourth-order valence-corrected chi connectivity index (χ4v) is 3.60. The van der Waals surface area contributed by atoms with Crippen LogP contribution in [0.1, 0.15) is 38.0 Å². The summed E-state index contributed by atoms with van der Waals surface area (Å²) in [6.45, 7) is 3.62. The molecule has 1 fully saturated rings. The van der Waals surface area contributed by atoms with Crippen molar-refractivity contribution >= 4 is 17.7 Å². The molecular weight excluding hydrogens is 324 g/mol. The Balaban J connectivity index is 1.63. The number of hydrogen-bond donors (Lipinski definition) is 0. The van der Waals surface area contributed by atoms with Crippen molar-refractivity contribution in [2.24, 2.45) is 0 Å². The minimum atomic E-state index is 0.122. The number of likely N-dealkylation sites (tertiary alicyclic amines) is 1. The lowest BCUT2D eigenvalue weighted by molar-refractivity contribution is -0.129. The van der Waals surface area contributed by atoms with Crippen LogP contribution < -0.4 is 0 Å². The molecule has 3 heterocycles. The van der Waals surface area contributed by atoms with Gasteiger partial charge in [0, 0.05) is 31.0 Å². The quantitative estimate of drug-likeness (QED) is 0.749. The molecule has 2 aromatic heterocycles. The Bertz CT molecular complexity index is 662. The van der Waals surface area contributed by atoms with E-state index in [9.17, 15) is 4.79 Å². The van der Waals surface area contributed by atoms with Gasteiger partial charge in [0.2, 0.25) is 17.6 Å². The highest BCUT2D eigenvalue weighted by atomic mass is 32.2. The Hall–Kier alpha value is -1.89. The summed E-state index contributed by atoms with van der Waals surface area (Å²) in [5, 5.41) is 4.06. The predicted molar refractivity (Wildman–Crippen MR) is 93.7 cm³/mol. The van der Waals surface area contributed by atoms with Gasteiger partial charge >= 0.3 is 0 Å². The van der Waals surface area contributed by atoms with Gasteiger partial charge < -0.3 is 9.42 Å². The molecule has 1 aliphatic heterocycles. The SMILES string of the molecule is CCCSCC(=O)N1CCC[C@@H](c2nc(-c3cccnc3)no2)C1. The number of thioether (sulfide) groups is 1. The summed E-state index contributed by atoms with van der Waals surface area (Å²) in [7, 11) is 0. The van der Waals surface area contributed by atoms with E-state index in [-0.39, 0.29) is 11.8 Å². The molecule has 1 aliphatic rings. The first-order valence-electron chi connectivity index (χ1n) is 8.37. The Labute approximate surface area is 146 Å². The number of aromatic nitrogens is 3. The molecule has 0 aliphatic carbocycles. The molecule has 3 rings (SSSR count). The average Bonchev–Trinajstić information content (AvgIpc) is 3.13. The van der Waals surface area contributed by atoms with E-state index in [0.29, 0.717) is 24.0 Å². The van der Waals surface area contributed by atoms with Gasteiger partial charge in [-0.05, 0) is 37.1 Å². The van der Waals surface area contributed by atoms with Gasteiger partial charge in [-0.1, -0.05) is 12.1 Å². The lowest BCUT2D eigenvalue weighted by atomic mass is 9.98. The van der Waals surface area contributed by atoms with E-state index in [4.69, 9.17) is 4.52 Å². The zero-order chi connectivity index (χ0) is 16.8. The third-order valence-electron chi connectivity index (χ3n) is 4.06. The summed E-state index contributed by atoms with van der Waals surface area (Å²) < 4.78 is 5.45. The van der Waals surface area contributed by atoms with Crippen molar-refractivity contribution in [3.05, 3.63) is 30.4 Å². The number of nitrogens with zero attached hydrogens (tertiary/aromatic N) is 4. The highest BCUT2D eigenvalue weighted by Gasteiger charge is 2.28. The summed E-state index contributed by atoms with van der Waals surface area (Å²) in [4.78, 5) is 22.8. The number of piperidine rings is 1. The molecule has 0 unspecified atom stereocenters. The number of hydrogen-bond acceptors (Lipinski definition) is 6. The molecule has 1 saturated heterocycles. The number of amides is 1. The third-order valence-corrected chi connectivity index (χ3v) is 5.21. The maximum Gasteiger partial charge on any atom is 0.232 e. The fourth-order valence-electron chi connectivity index (χ4n) is 2.81. The van der Waals surface area contributed by atoms with Gasteiger partial charge in [0.05, 0.1) is 11.7 Å². The first kappa shape index (κ1) is 17.0. The molecule has 0 aromatic carbocycles. The molecule has 2 aromatic rings. The first-order chi connectivity index (χ1) is 11.8. The van der Waals surface area contributed by atoms with E-state index in [1.54, 1.807) is 24.2 Å². The van der Waals surface area contributed by atoms with Crippen molar-refractivity contribution in [1.82, 2.24) is 20.0 Å². The summed E-state index contributed by atoms with van der Waals surface area (Å²) in [6.07, 6.45) is 6.47. The minimum absolute atomic E-state index is 0.122. The molecule has 6 nitrogen and oxygen atoms in total. The Kier molecular flexibility index (Phi) is 5.85. The molecule has 0 spiro atoms. The average molecular weight is 346 g/mol. The van der Waals surface area contributed by atoms with Crippen LogP contribution >= 0.6 is 11.8 Å². The molecule has 1 amide bonds. The van der Waals surface area contributed by atoms with E-state index >= 15 is 0 Å². The maximum absolute atomic E-state index is 12.3. The van der Waals surface area contributed by atoms with Crippen molar-refractivity contribution in [3.8, 4) is 11.4 Å². The summed E-state index contributed by atoms with van der Waals surface area (Å²) in [5.41, 5.74) is 0.840. The third kappa shape index (κ3) is 4.14. The number of pyridine rings is 1. The van der Waals surface area contributed by atoms with Crippen LogP contribution in [-0.2, 0) is 4.79 Å². The molecular formula is C17H22N4O2S. The molecule has 128 valence electrons. The van der Waals surface area contributed by atoms with Gasteiger partial charge in [0.25, 0.3) is 0 Å². The van der Waals surface area contributed by atoms with Crippen LogP contribution in [0.3, 0.4) is 0 Å². The second kappa shape index (κ2) is 8.28. The van der Waals surface area contributed by atoms with E-state index in [1.807, 2.05) is 17.0 Å². The van der Waals surface area contributed by atoms with Gasteiger partial charge in [-0.3, -0.25) is 9.78 Å². The normalized spacial score (nSPS) is 17.9. The molecule has 7 heteroatoms. The van der Waals surface area contributed by atoms with E-state index < -0.39 is 0 Å². The zero-order valence-corrected chi connectivity index (χ0v) is 14.7. The van der Waals surface area contributed by atoms with Gasteiger partial charge in [-0.25, -0.2) is 0 Å². The minimum Gasteiger partial charge on any atom is -0.341 e. The lowest BCUT2D eigenvalue weighted by Crippen LogP contribution is -2.40. The summed E-state index contributed by atoms with van der Waals surface area (Å²) >= 11 is 1.70. The molecule has 0 N–H and O–H groups in total. The van der Waals surface area contributed by atoms with Crippen LogP contribution in [-0.4, -0.2) is 50.5 Å². The van der Waals surface area contributed by atoms with Crippen LogP contribution in [0.25, 0.3) is 11.4 Å². The standard InChI is InChI=1S/C17H22N4O2S/c1-2-9-24-12-15(22)21-8-4-6-14(11-21)17-19-16(20-23-17)13-5-3-7-18-10-13/h3,5,7,10,14H,2,4,6,8-9,11-12H2,1H3/t14-/m1/s1. The predicted octanol–water partition coefficient (Wildman–Crippen LogP) is 2.98. The van der Waals surface area contributed by atoms with Gasteiger partial charge in [-0.2, -0.15) is 16.7 Å². The van der Waals surface area contributed by atoms with E-state index in [0.717, 1.165) is 37.1 Å². The van der Waals surface area contributed by atoms with Crippen molar-refractivity contribution in [2.45, 2.75) is 32.1 Å². The molecule has 0 bridgehead atoms. The summed E-state index contributed by atoms with van der Waals surface area (Å²) in [6, 6.07) is 3.75. The van der Waals surface area contributed by atoms with Crippen molar-refractivity contribution < 1.29 is 9.32 Å². The summed E-state index contributed by atoms with van der Waals surface area (Å²) in [5.74, 6) is 3.10. The Morgan fingerprint density at radius 2 is 2.42 bits per heavy atom. The van der Waals surface area contributed by atoms with Crippen molar-refractivity contribution in [1.29, 1.82) is 0 Å². The van der Waals surface area contributed by atoms with Crippen LogP contribution in [0.15, 0.2) is 29.0 Å². The van der Waals surface area contributed by atoms with Crippen molar-refractivity contribution in [3.63, 3.8) is 0 Å². The topological polar surface area (TPSA) is 72.1 Å². The first-order valence-corrected chi connectivity index (χ1v) is 9.53. The van der Waals surface area contributed by atoms with Gasteiger partial charge in [0.1, 0.15) is 0 Å². The van der Waals surface area contributed by atoms with Crippen LogP contribution in [0.5, 0.6) is 0 Å². The van der Waals surface area contributed by atoms with Crippen LogP contribution in [0, 0.1) is 0 Å². The molecule has 0 saturated carbocycles. The molecule has 1 atom stereocenters. The Morgan fingerprint density at radius 1 is 1.50 bits per heavy atom. The maximum atomic E-state index is 12.3. The second-order valence-corrected chi connectivity index (χ2v) is 7.03. The molecule has 24 heavy (non-hydrogen) atoms. The molecule has 0 radical (unpaired) electrons. The second-order valence-electron chi connectivity index (χ2n) is 5.93. The highest BCUT2D eigenvalue weighted by Crippen LogP contribution is 2.27. The number of carbonyl (C=O) groups is 1. The van der Waals surface area contributed by atoms with E-state index in [1.165, 1.54) is 0 Å². The van der Waals surface area contributed by atoms with Crippen LogP contribution in [0.2, 0.25) is 0 Å². The van der Waals surface area contributed by atoms with Gasteiger partial charge in [-0.15, -0.1) is 0 Å². The lowest BCUT2D eigenvalue weighted by Gasteiger charge is -2.31. The van der Waals surface area contributed by atoms with Crippen molar-refractivity contribution in [2.75, 3.05) is 24.6 Å². The Morgan fingerprint density at radius 3 is 3.21 bits per heavy atom.